The lowest BCUT2D eigenvalue weighted by atomic mass is 10.3. The van der Waals surface area contributed by atoms with Crippen LogP contribution in [0.2, 0.25) is 0 Å². The highest BCUT2D eigenvalue weighted by Gasteiger charge is 2.00. The Hall–Kier alpha value is -1.74. The Balaban J connectivity index is 3.16. The number of azide groups is 1. The molecule has 4 nitrogen and oxygen atoms in total. The minimum absolute atomic E-state index is 0.0585. The van der Waals surface area contributed by atoms with E-state index in [4.69, 9.17) is 10.3 Å². The maximum Gasteiger partial charge on any atom is 0.133 e. The van der Waals surface area contributed by atoms with E-state index in [-0.39, 0.29) is 5.69 Å². The molecule has 0 aliphatic heterocycles. The number of rotatable bonds is 2. The molecule has 0 unspecified atom stereocenters. The second-order valence-electron chi connectivity index (χ2n) is 2.01. The average molecular weight is 167 g/mol. The van der Waals surface area contributed by atoms with E-state index in [0.717, 1.165) is 0 Å². The van der Waals surface area contributed by atoms with Crippen molar-refractivity contribution in [3.63, 3.8) is 0 Å². The fourth-order valence-corrected chi connectivity index (χ4v) is 0.744. The van der Waals surface area contributed by atoms with Crippen LogP contribution in [0, 0.1) is 5.82 Å². The van der Waals surface area contributed by atoms with Gasteiger partial charge in [-0.3, -0.25) is 0 Å². The van der Waals surface area contributed by atoms with E-state index in [2.05, 4.69) is 10.0 Å². The number of hydrogen-bond acceptors (Lipinski definition) is 2. The summed E-state index contributed by atoms with van der Waals surface area (Å²) in [4.78, 5) is 2.47. The van der Waals surface area contributed by atoms with Crippen molar-refractivity contribution in [2.45, 2.75) is 0 Å². The van der Waals surface area contributed by atoms with Gasteiger partial charge in [-0.15, -0.1) is 0 Å². The first-order chi connectivity index (χ1) is 5.77. The number of nitrogens with zero attached hydrogens (tertiary/aromatic N) is 3. The van der Waals surface area contributed by atoms with Gasteiger partial charge in [0, 0.05) is 4.91 Å². The van der Waals surface area contributed by atoms with Crippen LogP contribution in [-0.2, 0) is 0 Å². The van der Waals surface area contributed by atoms with Crippen LogP contribution in [0.4, 0.5) is 10.1 Å². The van der Waals surface area contributed by atoms with E-state index in [0.29, 0.717) is 5.75 Å². The second-order valence-corrected chi connectivity index (χ2v) is 2.01. The van der Waals surface area contributed by atoms with Crippen LogP contribution in [0.1, 0.15) is 0 Å². The zero-order chi connectivity index (χ0) is 8.97. The van der Waals surface area contributed by atoms with Gasteiger partial charge in [0.15, 0.2) is 0 Å². The van der Waals surface area contributed by atoms with Gasteiger partial charge in [-0.05, 0) is 23.7 Å². The molecule has 0 atom stereocenters. The van der Waals surface area contributed by atoms with Crippen LogP contribution < -0.4 is 4.74 Å². The van der Waals surface area contributed by atoms with Gasteiger partial charge < -0.3 is 4.74 Å². The van der Waals surface area contributed by atoms with Crippen LogP contribution in [0.3, 0.4) is 0 Å². The molecule has 0 bridgehead atoms. The topological polar surface area (TPSA) is 58.0 Å². The van der Waals surface area contributed by atoms with Crippen molar-refractivity contribution in [2.75, 3.05) is 7.11 Å². The summed E-state index contributed by atoms with van der Waals surface area (Å²) < 4.78 is 17.6. The third-order valence-electron chi connectivity index (χ3n) is 1.31. The van der Waals surface area contributed by atoms with Gasteiger partial charge in [0.2, 0.25) is 0 Å². The van der Waals surface area contributed by atoms with E-state index in [1.165, 1.54) is 25.3 Å². The number of hydrogen-bond donors (Lipinski definition) is 0. The molecule has 1 rings (SSSR count). The SMILES string of the molecule is COc1ccc(F)c(N=[N+]=[N-])c1. The molecule has 0 aromatic heterocycles. The predicted octanol–water partition coefficient (Wildman–Crippen LogP) is 2.78. The third kappa shape index (κ3) is 1.65. The number of ether oxygens (including phenoxy) is 1. The molecule has 0 N–H and O–H groups in total. The van der Waals surface area contributed by atoms with E-state index in [9.17, 15) is 4.39 Å². The Morgan fingerprint density at radius 3 is 2.92 bits per heavy atom. The summed E-state index contributed by atoms with van der Waals surface area (Å²) in [6.45, 7) is 0. The first-order valence-corrected chi connectivity index (χ1v) is 3.16. The molecule has 5 heteroatoms. The van der Waals surface area contributed by atoms with E-state index >= 15 is 0 Å². The fourth-order valence-electron chi connectivity index (χ4n) is 0.744. The lowest BCUT2D eigenvalue weighted by Gasteiger charge is -2.00. The Kier molecular flexibility index (Phi) is 2.50. The molecule has 0 spiro atoms. The van der Waals surface area contributed by atoms with Crippen LogP contribution in [0.5, 0.6) is 5.75 Å². The molecule has 1 aromatic rings. The molecule has 62 valence electrons. The van der Waals surface area contributed by atoms with Gasteiger partial charge in [0.05, 0.1) is 12.8 Å². The van der Waals surface area contributed by atoms with E-state index in [1.807, 2.05) is 0 Å². The summed E-state index contributed by atoms with van der Waals surface area (Å²) in [7, 11) is 1.45. The number of methoxy groups -OCH3 is 1. The van der Waals surface area contributed by atoms with Gasteiger partial charge in [0.1, 0.15) is 11.6 Å². The Morgan fingerprint density at radius 2 is 2.33 bits per heavy atom. The molecule has 0 amide bonds. The van der Waals surface area contributed by atoms with Crippen molar-refractivity contribution in [3.8, 4) is 5.75 Å². The average Bonchev–Trinajstić information content (AvgIpc) is 2.09. The van der Waals surface area contributed by atoms with Crippen molar-refractivity contribution in [1.29, 1.82) is 0 Å². The molecule has 0 fully saturated rings. The van der Waals surface area contributed by atoms with Gasteiger partial charge in [0.25, 0.3) is 0 Å². The second kappa shape index (κ2) is 3.59. The maximum absolute atomic E-state index is 12.8. The molecule has 1 aromatic carbocycles. The third-order valence-corrected chi connectivity index (χ3v) is 1.31. The zero-order valence-corrected chi connectivity index (χ0v) is 6.36. The van der Waals surface area contributed by atoms with Gasteiger partial charge in [-0.1, -0.05) is 5.11 Å². The first kappa shape index (κ1) is 8.36. The lowest BCUT2D eigenvalue weighted by Crippen LogP contribution is -1.82. The Morgan fingerprint density at radius 1 is 1.58 bits per heavy atom. The molecule has 0 radical (unpaired) electrons. The molecule has 0 saturated carbocycles. The fraction of sp³-hybridized carbons (Fsp3) is 0.143. The minimum Gasteiger partial charge on any atom is -0.497 e. The highest BCUT2D eigenvalue weighted by molar-refractivity contribution is 5.44. The van der Waals surface area contributed by atoms with Gasteiger partial charge >= 0.3 is 0 Å². The smallest absolute Gasteiger partial charge is 0.133 e. The van der Waals surface area contributed by atoms with Gasteiger partial charge in [-0.25, -0.2) is 4.39 Å². The van der Waals surface area contributed by atoms with Crippen LogP contribution >= 0.6 is 0 Å². The molecule has 0 aliphatic rings. The molecular formula is C7H6FN3O. The van der Waals surface area contributed by atoms with Crippen molar-refractivity contribution in [2.24, 2.45) is 5.11 Å². The molecule has 0 heterocycles. The van der Waals surface area contributed by atoms with Crippen LogP contribution in [0.25, 0.3) is 10.4 Å². The Bertz CT molecular complexity index is 333. The van der Waals surface area contributed by atoms with Crippen molar-refractivity contribution in [3.05, 3.63) is 34.5 Å². The maximum atomic E-state index is 12.8. The summed E-state index contributed by atoms with van der Waals surface area (Å²) in [6.07, 6.45) is 0. The van der Waals surface area contributed by atoms with Crippen molar-refractivity contribution >= 4 is 5.69 Å². The largest absolute Gasteiger partial charge is 0.497 e. The van der Waals surface area contributed by atoms with Gasteiger partial charge in [-0.2, -0.15) is 0 Å². The summed E-state index contributed by atoms with van der Waals surface area (Å²) in [5.41, 5.74) is 8.00. The monoisotopic (exact) mass is 167 g/mol. The van der Waals surface area contributed by atoms with E-state index in [1.54, 1.807) is 0 Å². The summed E-state index contributed by atoms with van der Waals surface area (Å²) >= 11 is 0. The standard InChI is InChI=1S/C7H6FN3O/c1-12-5-2-3-6(8)7(4-5)10-11-9/h2-4H,1H3. The zero-order valence-electron chi connectivity index (χ0n) is 6.36. The summed E-state index contributed by atoms with van der Waals surface area (Å²) in [5.74, 6) is -0.104. The molecule has 0 aliphatic carbocycles. The Labute approximate surface area is 68.2 Å². The minimum atomic E-state index is -0.561. The first-order valence-electron chi connectivity index (χ1n) is 3.16. The quantitative estimate of drug-likeness (QED) is 0.379. The lowest BCUT2D eigenvalue weighted by molar-refractivity contribution is 0.414. The van der Waals surface area contributed by atoms with E-state index < -0.39 is 5.82 Å². The highest BCUT2D eigenvalue weighted by Crippen LogP contribution is 2.23. The summed E-state index contributed by atoms with van der Waals surface area (Å²) in [5, 5.41) is 3.14. The normalized spacial score (nSPS) is 8.83. The summed E-state index contributed by atoms with van der Waals surface area (Å²) in [6, 6.07) is 3.96. The molecular weight excluding hydrogens is 161 g/mol. The van der Waals surface area contributed by atoms with Crippen molar-refractivity contribution < 1.29 is 9.13 Å². The highest BCUT2D eigenvalue weighted by atomic mass is 19.1. The number of benzene rings is 1. The molecule has 12 heavy (non-hydrogen) atoms. The number of halogens is 1. The predicted molar refractivity (Wildman–Crippen MR) is 41.8 cm³/mol. The van der Waals surface area contributed by atoms with Crippen molar-refractivity contribution in [1.82, 2.24) is 0 Å². The van der Waals surface area contributed by atoms with Crippen LogP contribution in [-0.4, -0.2) is 7.11 Å². The van der Waals surface area contributed by atoms with Crippen LogP contribution in [0.15, 0.2) is 23.3 Å². The molecule has 0 saturated heterocycles.